The maximum Gasteiger partial charge on any atom is 0.234 e. The maximum absolute atomic E-state index is 12.8. The summed E-state index contributed by atoms with van der Waals surface area (Å²) in [4.78, 5) is 17.6. The van der Waals surface area contributed by atoms with E-state index in [9.17, 15) is 4.79 Å². The number of thioether (sulfide) groups is 1. The standard InChI is InChI=1S/C30H22ClN5OS2/c1-19-10-15-25-26(16-19)39-29(33-25)20-11-13-23(14-12-20)32-27(37)18-38-30-35-34-28(21-6-5-7-22(31)17-21)36(30)24-8-3-2-4-9-24/h2-17H,18H2,1H3,(H,32,37). The zero-order valence-corrected chi connectivity index (χ0v) is 23.2. The average molecular weight is 568 g/mol. The van der Waals surface area contributed by atoms with Crippen LogP contribution >= 0.6 is 34.7 Å². The number of benzene rings is 4. The van der Waals surface area contributed by atoms with Crippen LogP contribution in [-0.4, -0.2) is 31.4 Å². The van der Waals surface area contributed by atoms with E-state index in [0.717, 1.165) is 33.0 Å². The number of carbonyl (C=O) groups excluding carboxylic acids is 1. The Bertz CT molecular complexity index is 1780. The summed E-state index contributed by atoms with van der Waals surface area (Å²) in [6.45, 7) is 2.08. The van der Waals surface area contributed by atoms with E-state index in [4.69, 9.17) is 16.6 Å². The van der Waals surface area contributed by atoms with E-state index in [2.05, 4.69) is 34.6 Å². The highest BCUT2D eigenvalue weighted by Crippen LogP contribution is 2.32. The first-order chi connectivity index (χ1) is 19.0. The number of anilines is 1. The Morgan fingerprint density at radius 3 is 2.54 bits per heavy atom. The van der Waals surface area contributed by atoms with Gasteiger partial charge in [0.05, 0.1) is 16.0 Å². The molecule has 0 atom stereocenters. The maximum atomic E-state index is 12.8. The summed E-state index contributed by atoms with van der Waals surface area (Å²) in [5.41, 5.74) is 5.71. The summed E-state index contributed by atoms with van der Waals surface area (Å²) >= 11 is 9.22. The second-order valence-electron chi connectivity index (χ2n) is 8.89. The van der Waals surface area contributed by atoms with Gasteiger partial charge < -0.3 is 5.32 Å². The Hall–Kier alpha value is -3.98. The molecule has 192 valence electrons. The second kappa shape index (κ2) is 11.0. The van der Waals surface area contributed by atoms with Crippen LogP contribution in [0, 0.1) is 6.92 Å². The molecule has 0 unspecified atom stereocenters. The minimum absolute atomic E-state index is 0.130. The van der Waals surface area contributed by atoms with Gasteiger partial charge in [0.2, 0.25) is 5.91 Å². The Kier molecular flexibility index (Phi) is 7.15. The van der Waals surface area contributed by atoms with E-state index >= 15 is 0 Å². The van der Waals surface area contributed by atoms with E-state index in [-0.39, 0.29) is 11.7 Å². The van der Waals surface area contributed by atoms with Gasteiger partial charge in [0, 0.05) is 27.5 Å². The Labute approximate surface area is 238 Å². The molecule has 0 aliphatic heterocycles. The summed E-state index contributed by atoms with van der Waals surface area (Å²) in [6, 6.07) is 31.4. The van der Waals surface area contributed by atoms with Crippen LogP contribution in [-0.2, 0) is 4.79 Å². The van der Waals surface area contributed by atoms with Crippen molar-refractivity contribution >= 4 is 56.5 Å². The van der Waals surface area contributed by atoms with Gasteiger partial charge >= 0.3 is 0 Å². The third-order valence-electron chi connectivity index (χ3n) is 6.02. The lowest BCUT2D eigenvalue weighted by molar-refractivity contribution is -0.113. The van der Waals surface area contributed by atoms with Gasteiger partial charge in [-0.05, 0) is 73.2 Å². The quantitative estimate of drug-likeness (QED) is 0.198. The third kappa shape index (κ3) is 5.59. The third-order valence-corrected chi connectivity index (χ3v) is 8.25. The van der Waals surface area contributed by atoms with Crippen molar-refractivity contribution in [1.29, 1.82) is 0 Å². The molecule has 1 N–H and O–H groups in total. The van der Waals surface area contributed by atoms with Crippen LogP contribution in [0.25, 0.3) is 37.9 Å². The molecule has 6 rings (SSSR count). The molecule has 0 bridgehead atoms. The van der Waals surface area contributed by atoms with Crippen molar-refractivity contribution in [2.75, 3.05) is 11.1 Å². The number of para-hydroxylation sites is 1. The van der Waals surface area contributed by atoms with Crippen molar-refractivity contribution in [1.82, 2.24) is 19.7 Å². The summed E-state index contributed by atoms with van der Waals surface area (Å²) in [7, 11) is 0. The molecule has 4 aromatic carbocycles. The van der Waals surface area contributed by atoms with Crippen LogP contribution in [0.3, 0.4) is 0 Å². The average Bonchev–Trinajstić information content (AvgIpc) is 3.57. The number of amides is 1. The zero-order valence-electron chi connectivity index (χ0n) is 20.8. The van der Waals surface area contributed by atoms with Crippen LogP contribution in [0.2, 0.25) is 5.02 Å². The normalized spacial score (nSPS) is 11.1. The molecular formula is C30H22ClN5OS2. The number of fused-ring (bicyclic) bond motifs is 1. The lowest BCUT2D eigenvalue weighted by Gasteiger charge is -2.11. The van der Waals surface area contributed by atoms with Gasteiger partial charge in [-0.2, -0.15) is 0 Å². The fourth-order valence-electron chi connectivity index (χ4n) is 4.17. The van der Waals surface area contributed by atoms with Gasteiger partial charge in [-0.15, -0.1) is 21.5 Å². The molecule has 0 saturated heterocycles. The second-order valence-corrected chi connectivity index (χ2v) is 11.3. The van der Waals surface area contributed by atoms with Crippen molar-refractivity contribution < 1.29 is 4.79 Å². The Balaban J connectivity index is 1.17. The molecule has 0 fully saturated rings. The van der Waals surface area contributed by atoms with E-state index in [1.54, 1.807) is 11.3 Å². The zero-order chi connectivity index (χ0) is 26.8. The molecule has 1 amide bonds. The number of rotatable bonds is 7. The van der Waals surface area contributed by atoms with Crippen molar-refractivity contribution in [3.63, 3.8) is 0 Å². The number of carbonyl (C=O) groups is 1. The van der Waals surface area contributed by atoms with Crippen molar-refractivity contribution in [3.8, 4) is 27.6 Å². The molecule has 6 aromatic rings. The minimum atomic E-state index is -0.130. The number of thiazole rings is 1. The molecular weight excluding hydrogens is 546 g/mol. The molecule has 0 aliphatic rings. The van der Waals surface area contributed by atoms with Crippen LogP contribution in [0.15, 0.2) is 102 Å². The molecule has 0 spiro atoms. The summed E-state index contributed by atoms with van der Waals surface area (Å²) in [5.74, 6) is 0.710. The highest BCUT2D eigenvalue weighted by atomic mass is 35.5. The van der Waals surface area contributed by atoms with Crippen molar-refractivity contribution in [3.05, 3.63) is 108 Å². The van der Waals surface area contributed by atoms with E-state index in [1.165, 1.54) is 22.0 Å². The Morgan fingerprint density at radius 2 is 1.74 bits per heavy atom. The number of nitrogens with zero attached hydrogens (tertiary/aromatic N) is 4. The number of hydrogen-bond donors (Lipinski definition) is 1. The molecule has 0 radical (unpaired) electrons. The van der Waals surface area contributed by atoms with Crippen molar-refractivity contribution in [2.45, 2.75) is 12.1 Å². The summed E-state index contributed by atoms with van der Waals surface area (Å²) in [6.07, 6.45) is 0. The van der Waals surface area contributed by atoms with Crippen LogP contribution in [0.1, 0.15) is 5.56 Å². The smallest absolute Gasteiger partial charge is 0.234 e. The molecule has 2 heterocycles. The van der Waals surface area contributed by atoms with Gasteiger partial charge in [0.25, 0.3) is 0 Å². The number of aryl methyl sites for hydroxylation is 1. The topological polar surface area (TPSA) is 72.7 Å². The number of hydrogen-bond acceptors (Lipinski definition) is 6. The predicted molar refractivity (Wildman–Crippen MR) is 161 cm³/mol. The largest absolute Gasteiger partial charge is 0.325 e. The molecule has 2 aromatic heterocycles. The number of nitrogens with one attached hydrogen (secondary N) is 1. The van der Waals surface area contributed by atoms with Gasteiger partial charge in [-0.3, -0.25) is 9.36 Å². The molecule has 6 nitrogen and oxygen atoms in total. The molecule has 9 heteroatoms. The SMILES string of the molecule is Cc1ccc2nc(-c3ccc(NC(=O)CSc4nnc(-c5cccc(Cl)c5)n4-c4ccccc4)cc3)sc2c1. The fourth-order valence-corrected chi connectivity index (χ4v) is 6.18. The van der Waals surface area contributed by atoms with E-state index in [0.29, 0.717) is 16.0 Å². The molecule has 0 saturated carbocycles. The summed E-state index contributed by atoms with van der Waals surface area (Å²) < 4.78 is 3.11. The van der Waals surface area contributed by atoms with Crippen LogP contribution in [0.4, 0.5) is 5.69 Å². The first-order valence-corrected chi connectivity index (χ1v) is 14.4. The summed E-state index contributed by atoms with van der Waals surface area (Å²) in [5, 5.41) is 14.0. The minimum Gasteiger partial charge on any atom is -0.325 e. The van der Waals surface area contributed by atoms with Gasteiger partial charge in [-0.1, -0.05) is 59.8 Å². The van der Waals surface area contributed by atoms with E-state index < -0.39 is 0 Å². The van der Waals surface area contributed by atoms with Crippen LogP contribution < -0.4 is 5.32 Å². The molecule has 0 aliphatic carbocycles. The first kappa shape index (κ1) is 25.3. The monoisotopic (exact) mass is 567 g/mol. The van der Waals surface area contributed by atoms with Crippen molar-refractivity contribution in [2.24, 2.45) is 0 Å². The lowest BCUT2D eigenvalue weighted by Crippen LogP contribution is -2.14. The first-order valence-electron chi connectivity index (χ1n) is 12.2. The predicted octanol–water partition coefficient (Wildman–Crippen LogP) is 7.90. The Morgan fingerprint density at radius 1 is 0.923 bits per heavy atom. The van der Waals surface area contributed by atoms with Gasteiger partial charge in [0.15, 0.2) is 11.0 Å². The van der Waals surface area contributed by atoms with Gasteiger partial charge in [-0.25, -0.2) is 4.98 Å². The lowest BCUT2D eigenvalue weighted by atomic mass is 10.2. The van der Waals surface area contributed by atoms with Crippen LogP contribution in [0.5, 0.6) is 0 Å². The number of aromatic nitrogens is 4. The van der Waals surface area contributed by atoms with Gasteiger partial charge in [0.1, 0.15) is 5.01 Å². The highest BCUT2D eigenvalue weighted by Gasteiger charge is 2.18. The number of halogens is 1. The highest BCUT2D eigenvalue weighted by molar-refractivity contribution is 7.99. The molecule has 39 heavy (non-hydrogen) atoms. The van der Waals surface area contributed by atoms with E-state index in [1.807, 2.05) is 89.5 Å². The fraction of sp³-hybridized carbons (Fsp3) is 0.0667.